The Hall–Kier alpha value is -0.880. The molecule has 0 aliphatic heterocycles. The van der Waals surface area contributed by atoms with Crippen molar-refractivity contribution in [2.75, 3.05) is 19.5 Å². The molecule has 0 spiro atoms. The Labute approximate surface area is 143 Å². The summed E-state index contributed by atoms with van der Waals surface area (Å²) < 4.78 is 0. The molecule has 1 N–H and O–H groups in total. The predicted octanol–water partition coefficient (Wildman–Crippen LogP) is 5.31. The zero-order valence-electron chi connectivity index (χ0n) is 15.0. The summed E-state index contributed by atoms with van der Waals surface area (Å²) in [5.74, 6) is -0.660. The van der Waals surface area contributed by atoms with E-state index in [1.807, 2.05) is 0 Å². The van der Waals surface area contributed by atoms with Crippen LogP contribution in [-0.4, -0.2) is 30.6 Å². The molecule has 0 saturated heterocycles. The van der Waals surface area contributed by atoms with E-state index < -0.39 is 13.2 Å². The standard InChI is InChI=1S/C20H35O2P/c1-23(2,19-15-11-10-12-16-19)18-14-9-7-5-3-4-6-8-13-17-20(21)22/h10-12,15-16,23H,3-9,13-14,17-18H2,1-2H3,(H,21,22). The first-order valence-electron chi connectivity index (χ1n) is 9.30. The Morgan fingerprint density at radius 1 is 0.826 bits per heavy atom. The van der Waals surface area contributed by atoms with E-state index in [1.165, 1.54) is 51.1 Å². The third-order valence-electron chi connectivity index (χ3n) is 4.75. The number of benzene rings is 1. The van der Waals surface area contributed by atoms with Gasteiger partial charge in [-0.1, -0.05) is 0 Å². The third kappa shape index (κ3) is 9.76. The zero-order chi connectivity index (χ0) is 17.0. The van der Waals surface area contributed by atoms with Crippen LogP contribution in [0.15, 0.2) is 30.3 Å². The molecule has 1 aromatic carbocycles. The summed E-state index contributed by atoms with van der Waals surface area (Å²) in [6, 6.07) is 11.0. The van der Waals surface area contributed by atoms with Crippen LogP contribution in [0.1, 0.15) is 64.2 Å². The van der Waals surface area contributed by atoms with Gasteiger partial charge in [-0.2, -0.15) is 0 Å². The first kappa shape index (κ1) is 20.2. The van der Waals surface area contributed by atoms with Crippen molar-refractivity contribution in [1.82, 2.24) is 0 Å². The second-order valence-corrected chi connectivity index (χ2v) is 12.2. The fraction of sp³-hybridized carbons (Fsp3) is 0.650. The van der Waals surface area contributed by atoms with Crippen molar-refractivity contribution < 1.29 is 9.90 Å². The van der Waals surface area contributed by atoms with E-state index in [9.17, 15) is 4.79 Å². The van der Waals surface area contributed by atoms with E-state index in [2.05, 4.69) is 43.7 Å². The summed E-state index contributed by atoms with van der Waals surface area (Å²) in [4.78, 5) is 10.4. The minimum atomic E-state index is -1.23. The van der Waals surface area contributed by atoms with Gasteiger partial charge in [0.15, 0.2) is 0 Å². The number of aliphatic carboxylic acids is 1. The van der Waals surface area contributed by atoms with Crippen LogP contribution in [0.25, 0.3) is 0 Å². The molecule has 0 aromatic heterocycles. The van der Waals surface area contributed by atoms with E-state index in [1.54, 1.807) is 5.30 Å². The van der Waals surface area contributed by atoms with Crippen LogP contribution >= 0.6 is 7.26 Å². The van der Waals surface area contributed by atoms with Gasteiger partial charge in [-0.25, -0.2) is 0 Å². The first-order valence-corrected chi connectivity index (χ1v) is 12.5. The summed E-state index contributed by atoms with van der Waals surface area (Å²) in [7, 11) is -1.23. The molecule has 0 fully saturated rings. The van der Waals surface area contributed by atoms with Gasteiger partial charge in [-0.15, -0.1) is 0 Å². The molecule has 0 amide bonds. The van der Waals surface area contributed by atoms with Crippen LogP contribution in [0.2, 0.25) is 0 Å². The Morgan fingerprint density at radius 3 is 1.83 bits per heavy atom. The van der Waals surface area contributed by atoms with Crippen molar-refractivity contribution in [1.29, 1.82) is 0 Å². The molecule has 0 saturated carbocycles. The van der Waals surface area contributed by atoms with Gasteiger partial charge < -0.3 is 5.11 Å². The molecule has 3 heteroatoms. The molecule has 1 rings (SSSR count). The van der Waals surface area contributed by atoms with Crippen molar-refractivity contribution in [2.45, 2.75) is 64.2 Å². The van der Waals surface area contributed by atoms with Crippen molar-refractivity contribution in [2.24, 2.45) is 0 Å². The number of unbranched alkanes of at least 4 members (excludes halogenated alkanes) is 8. The summed E-state index contributed by atoms with van der Waals surface area (Å²) in [5.41, 5.74) is 0. The second kappa shape index (κ2) is 11.6. The number of hydrogen-bond donors (Lipinski definition) is 1. The van der Waals surface area contributed by atoms with Gasteiger partial charge in [0.05, 0.1) is 0 Å². The van der Waals surface area contributed by atoms with Gasteiger partial charge in [0.2, 0.25) is 0 Å². The zero-order valence-corrected chi connectivity index (χ0v) is 16.0. The first-order chi connectivity index (χ1) is 11.0. The molecule has 0 aliphatic rings. The van der Waals surface area contributed by atoms with Crippen LogP contribution in [0.5, 0.6) is 0 Å². The molecule has 0 bridgehead atoms. The quantitative estimate of drug-likeness (QED) is 0.391. The van der Waals surface area contributed by atoms with Crippen molar-refractivity contribution >= 4 is 18.5 Å². The summed E-state index contributed by atoms with van der Waals surface area (Å²) in [6.45, 7) is 4.97. The van der Waals surface area contributed by atoms with Crippen LogP contribution in [-0.2, 0) is 4.79 Å². The van der Waals surface area contributed by atoms with Gasteiger partial charge in [0.1, 0.15) is 0 Å². The van der Waals surface area contributed by atoms with Crippen LogP contribution in [0.4, 0.5) is 0 Å². The molecule has 0 radical (unpaired) electrons. The summed E-state index contributed by atoms with van der Waals surface area (Å²) in [6.07, 6.45) is 12.8. The number of carboxylic acids is 1. The van der Waals surface area contributed by atoms with Crippen LogP contribution < -0.4 is 5.30 Å². The molecule has 132 valence electrons. The molecule has 23 heavy (non-hydrogen) atoms. The van der Waals surface area contributed by atoms with Crippen molar-refractivity contribution in [3.05, 3.63) is 30.3 Å². The van der Waals surface area contributed by atoms with E-state index in [4.69, 9.17) is 5.11 Å². The topological polar surface area (TPSA) is 37.3 Å². The van der Waals surface area contributed by atoms with Crippen LogP contribution in [0, 0.1) is 0 Å². The fourth-order valence-corrected chi connectivity index (χ4v) is 5.63. The Balaban J connectivity index is 1.96. The SMILES string of the molecule is C[PH](C)(CCCCCCCCCCCC(=O)O)c1ccccc1. The van der Waals surface area contributed by atoms with E-state index in [-0.39, 0.29) is 0 Å². The van der Waals surface area contributed by atoms with Gasteiger partial charge in [-0.05, 0) is 0 Å². The molecular weight excluding hydrogens is 303 g/mol. The molecule has 2 nitrogen and oxygen atoms in total. The Bertz CT molecular complexity index is 429. The molecule has 0 heterocycles. The van der Waals surface area contributed by atoms with Gasteiger partial charge in [0.25, 0.3) is 0 Å². The van der Waals surface area contributed by atoms with Crippen molar-refractivity contribution in [3.8, 4) is 0 Å². The Morgan fingerprint density at radius 2 is 1.30 bits per heavy atom. The molecule has 0 unspecified atom stereocenters. The van der Waals surface area contributed by atoms with Crippen molar-refractivity contribution in [3.63, 3.8) is 0 Å². The molecule has 0 atom stereocenters. The average molecular weight is 338 g/mol. The van der Waals surface area contributed by atoms with E-state index >= 15 is 0 Å². The summed E-state index contributed by atoms with van der Waals surface area (Å²) in [5, 5.41) is 10.2. The van der Waals surface area contributed by atoms with Gasteiger partial charge in [-0.3, -0.25) is 4.79 Å². The van der Waals surface area contributed by atoms with E-state index in [0.717, 1.165) is 12.8 Å². The molecule has 0 aliphatic carbocycles. The maximum atomic E-state index is 10.4. The second-order valence-electron chi connectivity index (χ2n) is 7.33. The monoisotopic (exact) mass is 338 g/mol. The third-order valence-corrected chi connectivity index (χ3v) is 8.25. The number of rotatable bonds is 13. The summed E-state index contributed by atoms with van der Waals surface area (Å²) >= 11 is 0. The fourth-order valence-electron chi connectivity index (χ4n) is 3.11. The maximum absolute atomic E-state index is 10.4. The molecule has 1 aromatic rings. The Kier molecular flexibility index (Phi) is 10.2. The molecular formula is C20H35O2P. The average Bonchev–Trinajstić information content (AvgIpc) is 2.53. The number of hydrogen-bond acceptors (Lipinski definition) is 1. The normalized spacial score (nSPS) is 12.3. The van der Waals surface area contributed by atoms with Gasteiger partial charge in [0, 0.05) is 0 Å². The number of carboxylic acid groups (broad SMARTS) is 1. The van der Waals surface area contributed by atoms with Gasteiger partial charge >= 0.3 is 133 Å². The van der Waals surface area contributed by atoms with Crippen LogP contribution in [0.3, 0.4) is 0 Å². The predicted molar refractivity (Wildman–Crippen MR) is 105 cm³/mol. The minimum absolute atomic E-state index is 0.334. The number of carbonyl (C=O) groups is 1. The van der Waals surface area contributed by atoms with E-state index in [0.29, 0.717) is 6.42 Å².